The summed E-state index contributed by atoms with van der Waals surface area (Å²) in [4.78, 5) is 32.8. The number of nitrogens with zero attached hydrogens (tertiary/aromatic N) is 2. The van der Waals surface area contributed by atoms with Crippen molar-refractivity contribution < 1.29 is 22.7 Å². The molecule has 1 aromatic heterocycles. The van der Waals surface area contributed by atoms with Crippen LogP contribution >= 0.6 is 0 Å². The third kappa shape index (κ3) is 4.37. The molecule has 0 N–H and O–H groups in total. The zero-order valence-corrected chi connectivity index (χ0v) is 19.7. The molecule has 8 heteroatoms. The molecule has 1 saturated heterocycles. The van der Waals surface area contributed by atoms with Crippen LogP contribution in [0.3, 0.4) is 0 Å². The maximum absolute atomic E-state index is 13.4. The molecule has 0 spiro atoms. The van der Waals surface area contributed by atoms with Crippen LogP contribution in [0.4, 0.5) is 0 Å². The SMILES string of the molecule is CCN(C(=O)[C@H](C)OC(=O)c1c2c(nc3ccc(C)cc13)CCCC2)[C@H]1CCS(=O)(=O)C1. The van der Waals surface area contributed by atoms with Crippen LogP contribution in [-0.2, 0) is 32.2 Å². The number of rotatable bonds is 5. The lowest BCUT2D eigenvalue weighted by Crippen LogP contribution is -2.46. The average Bonchev–Trinajstić information content (AvgIpc) is 3.11. The lowest BCUT2D eigenvalue weighted by molar-refractivity contribution is -0.141. The van der Waals surface area contributed by atoms with E-state index in [1.54, 1.807) is 6.92 Å². The summed E-state index contributed by atoms with van der Waals surface area (Å²) in [6.07, 6.45) is 3.03. The van der Waals surface area contributed by atoms with Gasteiger partial charge in [0.2, 0.25) is 0 Å². The Hall–Kier alpha value is -2.48. The maximum Gasteiger partial charge on any atom is 0.339 e. The van der Waals surface area contributed by atoms with E-state index in [2.05, 4.69) is 0 Å². The Morgan fingerprint density at radius 3 is 2.69 bits per heavy atom. The number of likely N-dealkylation sites (N-methyl/N-ethyl adjacent to an activating group) is 1. The normalized spacial score (nSPS) is 20.5. The molecule has 1 aromatic carbocycles. The smallest absolute Gasteiger partial charge is 0.339 e. The first-order chi connectivity index (χ1) is 15.2. The number of carbonyl (C=O) groups is 2. The summed E-state index contributed by atoms with van der Waals surface area (Å²) in [5.41, 5.74) is 4.15. The first-order valence-corrected chi connectivity index (χ1v) is 13.2. The summed E-state index contributed by atoms with van der Waals surface area (Å²) >= 11 is 0. The molecule has 2 aromatic rings. The number of benzene rings is 1. The van der Waals surface area contributed by atoms with Gasteiger partial charge in [-0.3, -0.25) is 9.78 Å². The molecule has 2 aliphatic rings. The maximum atomic E-state index is 13.4. The zero-order chi connectivity index (χ0) is 23.0. The first kappa shape index (κ1) is 22.7. The number of fused-ring (bicyclic) bond motifs is 2. The third-order valence-electron chi connectivity index (χ3n) is 6.53. The monoisotopic (exact) mass is 458 g/mol. The Kier molecular flexibility index (Phi) is 6.25. The first-order valence-electron chi connectivity index (χ1n) is 11.3. The van der Waals surface area contributed by atoms with E-state index < -0.39 is 21.9 Å². The Labute approximate surface area is 189 Å². The molecule has 1 aliphatic carbocycles. The third-order valence-corrected chi connectivity index (χ3v) is 8.28. The summed E-state index contributed by atoms with van der Waals surface area (Å²) in [6, 6.07) is 5.48. The number of carbonyl (C=O) groups excluding carboxylic acids is 2. The predicted molar refractivity (Wildman–Crippen MR) is 122 cm³/mol. The van der Waals surface area contributed by atoms with Crippen LogP contribution in [0.5, 0.6) is 0 Å². The fourth-order valence-electron chi connectivity index (χ4n) is 4.89. The minimum absolute atomic E-state index is 0.0327. The van der Waals surface area contributed by atoms with E-state index in [-0.39, 0.29) is 23.5 Å². The topological polar surface area (TPSA) is 93.6 Å². The van der Waals surface area contributed by atoms with Crippen LogP contribution in [0.1, 0.15) is 60.3 Å². The summed E-state index contributed by atoms with van der Waals surface area (Å²) in [6.45, 7) is 5.71. The highest BCUT2D eigenvalue weighted by Crippen LogP contribution is 2.31. The Morgan fingerprint density at radius 2 is 2.00 bits per heavy atom. The van der Waals surface area contributed by atoms with Gasteiger partial charge in [-0.2, -0.15) is 0 Å². The minimum Gasteiger partial charge on any atom is -0.449 e. The molecule has 172 valence electrons. The lowest BCUT2D eigenvalue weighted by Gasteiger charge is -2.29. The van der Waals surface area contributed by atoms with E-state index in [4.69, 9.17) is 9.72 Å². The second-order valence-electron chi connectivity index (χ2n) is 8.87. The van der Waals surface area contributed by atoms with Gasteiger partial charge >= 0.3 is 5.97 Å². The van der Waals surface area contributed by atoms with Crippen molar-refractivity contribution in [3.8, 4) is 0 Å². The molecule has 0 saturated carbocycles. The number of ether oxygens (including phenoxy) is 1. The summed E-state index contributed by atoms with van der Waals surface area (Å²) in [5.74, 6) is -0.817. The Morgan fingerprint density at radius 1 is 1.25 bits per heavy atom. The number of pyridine rings is 1. The van der Waals surface area contributed by atoms with Crippen molar-refractivity contribution >= 4 is 32.6 Å². The van der Waals surface area contributed by atoms with Crippen molar-refractivity contribution in [2.75, 3.05) is 18.1 Å². The van der Waals surface area contributed by atoms with Gasteiger partial charge in [0, 0.05) is 23.7 Å². The molecule has 4 rings (SSSR count). The highest BCUT2D eigenvalue weighted by atomic mass is 32.2. The number of sulfone groups is 1. The summed E-state index contributed by atoms with van der Waals surface area (Å²) < 4.78 is 29.5. The molecule has 2 heterocycles. The molecule has 1 amide bonds. The van der Waals surface area contributed by atoms with Crippen LogP contribution in [0, 0.1) is 6.92 Å². The molecular formula is C24H30N2O5S. The van der Waals surface area contributed by atoms with Crippen LogP contribution in [-0.4, -0.2) is 60.4 Å². The number of esters is 1. The van der Waals surface area contributed by atoms with E-state index >= 15 is 0 Å². The van der Waals surface area contributed by atoms with E-state index in [0.717, 1.165) is 53.4 Å². The van der Waals surface area contributed by atoms with E-state index in [1.807, 2.05) is 32.0 Å². The fraction of sp³-hybridized carbons (Fsp3) is 0.542. The van der Waals surface area contributed by atoms with Crippen molar-refractivity contribution in [3.63, 3.8) is 0 Å². The van der Waals surface area contributed by atoms with Crippen molar-refractivity contribution in [2.45, 2.75) is 65.0 Å². The van der Waals surface area contributed by atoms with Crippen LogP contribution < -0.4 is 0 Å². The summed E-state index contributed by atoms with van der Waals surface area (Å²) in [7, 11) is -3.12. The molecule has 1 fully saturated rings. The predicted octanol–water partition coefficient (Wildman–Crippen LogP) is 3.00. The van der Waals surface area contributed by atoms with Crippen molar-refractivity contribution in [1.29, 1.82) is 0 Å². The number of amides is 1. The van der Waals surface area contributed by atoms with Crippen LogP contribution in [0.25, 0.3) is 10.9 Å². The fourth-order valence-corrected chi connectivity index (χ4v) is 6.62. The lowest BCUT2D eigenvalue weighted by atomic mass is 9.89. The quantitative estimate of drug-likeness (QED) is 0.640. The molecule has 0 unspecified atom stereocenters. The molecule has 7 nitrogen and oxygen atoms in total. The van der Waals surface area contributed by atoms with Crippen molar-refractivity contribution in [1.82, 2.24) is 9.88 Å². The molecule has 0 bridgehead atoms. The Balaban J connectivity index is 1.62. The highest BCUT2D eigenvalue weighted by molar-refractivity contribution is 7.91. The molecule has 32 heavy (non-hydrogen) atoms. The Bertz CT molecular complexity index is 1170. The molecule has 2 atom stereocenters. The standard InChI is InChI=1S/C24H30N2O5S/c1-4-26(17-11-12-32(29,30)14-17)23(27)16(3)31-24(28)22-18-7-5-6-8-20(18)25-21-10-9-15(2)13-19(21)22/h9-10,13,16-17H,4-8,11-12,14H2,1-3H3/t16-,17-/m0/s1. The van der Waals surface area contributed by atoms with Crippen molar-refractivity contribution in [3.05, 3.63) is 40.6 Å². The molecular weight excluding hydrogens is 428 g/mol. The van der Waals surface area contributed by atoms with Gasteiger partial charge in [0.05, 0.1) is 22.6 Å². The van der Waals surface area contributed by atoms with Gasteiger partial charge in [-0.25, -0.2) is 13.2 Å². The zero-order valence-electron chi connectivity index (χ0n) is 18.9. The second-order valence-corrected chi connectivity index (χ2v) is 11.1. The van der Waals surface area contributed by atoms with Gasteiger partial charge in [-0.1, -0.05) is 11.6 Å². The van der Waals surface area contributed by atoms with E-state index in [0.29, 0.717) is 18.5 Å². The minimum atomic E-state index is -3.12. The van der Waals surface area contributed by atoms with Gasteiger partial charge in [0.25, 0.3) is 5.91 Å². The largest absolute Gasteiger partial charge is 0.449 e. The molecule has 0 radical (unpaired) electrons. The van der Waals surface area contributed by atoms with Crippen LogP contribution in [0.15, 0.2) is 18.2 Å². The van der Waals surface area contributed by atoms with Crippen LogP contribution in [0.2, 0.25) is 0 Å². The second kappa shape index (κ2) is 8.81. The number of aromatic nitrogens is 1. The average molecular weight is 459 g/mol. The van der Waals surface area contributed by atoms with E-state index in [9.17, 15) is 18.0 Å². The number of hydrogen-bond acceptors (Lipinski definition) is 6. The van der Waals surface area contributed by atoms with Gasteiger partial charge < -0.3 is 9.64 Å². The van der Waals surface area contributed by atoms with Gasteiger partial charge in [0.1, 0.15) is 0 Å². The molecule has 1 aliphatic heterocycles. The van der Waals surface area contributed by atoms with Gasteiger partial charge in [-0.15, -0.1) is 0 Å². The van der Waals surface area contributed by atoms with Gasteiger partial charge in [-0.05, 0) is 70.6 Å². The number of aryl methyl sites for hydroxylation is 2. The van der Waals surface area contributed by atoms with Gasteiger partial charge in [0.15, 0.2) is 15.9 Å². The summed E-state index contributed by atoms with van der Waals surface area (Å²) in [5, 5.41) is 0.754. The number of hydrogen-bond donors (Lipinski definition) is 0. The van der Waals surface area contributed by atoms with E-state index in [1.165, 1.54) is 4.90 Å². The van der Waals surface area contributed by atoms with Crippen molar-refractivity contribution in [2.24, 2.45) is 0 Å². The highest BCUT2D eigenvalue weighted by Gasteiger charge is 2.36.